The third-order valence-corrected chi connectivity index (χ3v) is 4.59. The first-order valence-electron chi connectivity index (χ1n) is 9.51. The van der Waals surface area contributed by atoms with E-state index >= 15 is 0 Å². The number of rotatable bonds is 8. The van der Waals surface area contributed by atoms with E-state index in [0.717, 1.165) is 12.5 Å². The maximum Gasteiger partial charge on any atom is 0.229 e. The second kappa shape index (κ2) is 9.17. The van der Waals surface area contributed by atoms with Crippen molar-refractivity contribution in [2.45, 2.75) is 26.9 Å². The number of aromatic nitrogens is 2. The minimum absolute atomic E-state index is 0.0252. The molecule has 0 spiro atoms. The fraction of sp³-hybridized carbons (Fsp3) is 0.238. The van der Waals surface area contributed by atoms with E-state index < -0.39 is 15.8 Å². The van der Waals surface area contributed by atoms with Gasteiger partial charge in [-0.1, -0.05) is 18.2 Å². The second-order valence-electron chi connectivity index (χ2n) is 7.21. The third kappa shape index (κ3) is 6.29. The van der Waals surface area contributed by atoms with Gasteiger partial charge >= 0.3 is 0 Å². The number of nitrogens with one attached hydrogen (secondary N) is 3. The van der Waals surface area contributed by atoms with Gasteiger partial charge < -0.3 is 15.4 Å². The molecular weight excluding hydrogens is 421 g/mol. The average Bonchev–Trinajstić information content (AvgIpc) is 2.66. The maximum atomic E-state index is 14.4. The van der Waals surface area contributed by atoms with Crippen molar-refractivity contribution in [3.63, 3.8) is 0 Å². The van der Waals surface area contributed by atoms with E-state index in [0.29, 0.717) is 28.4 Å². The highest BCUT2D eigenvalue weighted by Crippen LogP contribution is 2.30. The number of hydrogen-bond acceptors (Lipinski definition) is 7. The molecule has 0 saturated carbocycles. The monoisotopic (exact) mass is 445 g/mol. The molecule has 0 amide bonds. The van der Waals surface area contributed by atoms with E-state index in [4.69, 9.17) is 4.74 Å². The summed E-state index contributed by atoms with van der Waals surface area (Å²) in [6.45, 7) is 5.60. The molecule has 0 bridgehead atoms. The molecule has 0 radical (unpaired) electrons. The van der Waals surface area contributed by atoms with Gasteiger partial charge in [-0.2, -0.15) is 4.98 Å². The highest BCUT2D eigenvalue weighted by atomic mass is 32.2. The van der Waals surface area contributed by atoms with Crippen molar-refractivity contribution in [1.82, 2.24) is 9.97 Å². The number of aryl methyl sites for hydroxylation is 1. The average molecular weight is 446 g/mol. The smallest absolute Gasteiger partial charge is 0.229 e. The zero-order valence-corrected chi connectivity index (χ0v) is 18.4. The van der Waals surface area contributed by atoms with Crippen LogP contribution >= 0.6 is 0 Å². The van der Waals surface area contributed by atoms with Crippen molar-refractivity contribution in [3.8, 4) is 5.75 Å². The molecule has 0 fully saturated rings. The van der Waals surface area contributed by atoms with Gasteiger partial charge in [-0.25, -0.2) is 17.8 Å². The molecule has 3 N–H and O–H groups in total. The third-order valence-electron chi connectivity index (χ3n) is 4.02. The van der Waals surface area contributed by atoms with Crippen LogP contribution in [0.1, 0.15) is 19.4 Å². The molecule has 0 unspecified atom stereocenters. The molecule has 2 aromatic carbocycles. The van der Waals surface area contributed by atoms with Gasteiger partial charge in [0.25, 0.3) is 0 Å². The Hall–Kier alpha value is -3.40. The zero-order chi connectivity index (χ0) is 22.6. The molecule has 0 aliphatic heterocycles. The summed E-state index contributed by atoms with van der Waals surface area (Å²) in [5, 5.41) is 5.86. The first-order chi connectivity index (χ1) is 14.6. The van der Waals surface area contributed by atoms with E-state index in [1.165, 1.54) is 0 Å². The number of hydrogen-bond donors (Lipinski definition) is 3. The molecule has 1 aromatic heterocycles. The Morgan fingerprint density at radius 1 is 1.10 bits per heavy atom. The van der Waals surface area contributed by atoms with Crippen molar-refractivity contribution >= 4 is 38.9 Å². The van der Waals surface area contributed by atoms with Gasteiger partial charge in [-0.3, -0.25) is 4.72 Å². The van der Waals surface area contributed by atoms with Gasteiger partial charge in [0.05, 0.1) is 29.9 Å². The van der Waals surface area contributed by atoms with E-state index in [9.17, 15) is 12.8 Å². The standard InChI is InChI=1S/C21H24FN5O3S/c1-13(2)30-16-9-6-8-15(11-16)24-21-23-12-17(22)20(26-21)25-18-10-5-7-14(3)19(18)27-31(4,28)29/h5-13,27H,1-4H3,(H2,23,24,25,26). The minimum atomic E-state index is -3.53. The van der Waals surface area contributed by atoms with Crippen LogP contribution in [0.15, 0.2) is 48.7 Å². The van der Waals surface area contributed by atoms with Crippen LogP contribution in [0.5, 0.6) is 5.75 Å². The van der Waals surface area contributed by atoms with Crippen LogP contribution in [0.3, 0.4) is 0 Å². The summed E-state index contributed by atoms with van der Waals surface area (Å²) in [5.41, 5.74) is 2.02. The lowest BCUT2D eigenvalue weighted by atomic mass is 10.2. The lowest BCUT2D eigenvalue weighted by Crippen LogP contribution is -2.13. The summed E-state index contributed by atoms with van der Waals surface area (Å²) in [7, 11) is -3.53. The Morgan fingerprint density at radius 2 is 1.84 bits per heavy atom. The largest absolute Gasteiger partial charge is 0.491 e. The number of halogens is 1. The van der Waals surface area contributed by atoms with Crippen molar-refractivity contribution in [1.29, 1.82) is 0 Å². The van der Waals surface area contributed by atoms with Crippen LogP contribution in [-0.4, -0.2) is 30.7 Å². The topological polar surface area (TPSA) is 105 Å². The molecule has 1 heterocycles. The molecule has 3 rings (SSSR count). The van der Waals surface area contributed by atoms with Crippen molar-refractivity contribution < 1.29 is 17.5 Å². The first-order valence-corrected chi connectivity index (χ1v) is 11.4. The van der Waals surface area contributed by atoms with Crippen molar-refractivity contribution in [2.75, 3.05) is 21.6 Å². The molecule has 164 valence electrons. The van der Waals surface area contributed by atoms with Crippen LogP contribution in [-0.2, 0) is 10.0 Å². The quantitative estimate of drug-likeness (QED) is 0.466. The van der Waals surface area contributed by atoms with Crippen LogP contribution < -0.4 is 20.1 Å². The summed E-state index contributed by atoms with van der Waals surface area (Å²) in [6.07, 6.45) is 2.11. The lowest BCUT2D eigenvalue weighted by molar-refractivity contribution is 0.242. The SMILES string of the molecule is Cc1cccc(Nc2nc(Nc3cccc(OC(C)C)c3)ncc2F)c1NS(C)(=O)=O. The molecule has 0 aliphatic rings. The van der Waals surface area contributed by atoms with Gasteiger partial charge in [0.15, 0.2) is 11.6 Å². The molecule has 10 heteroatoms. The van der Waals surface area contributed by atoms with E-state index in [1.54, 1.807) is 31.2 Å². The Kier molecular flexibility index (Phi) is 6.59. The Morgan fingerprint density at radius 3 is 2.55 bits per heavy atom. The highest BCUT2D eigenvalue weighted by molar-refractivity contribution is 7.92. The number of ether oxygens (including phenoxy) is 1. The molecule has 31 heavy (non-hydrogen) atoms. The molecule has 0 saturated heterocycles. The van der Waals surface area contributed by atoms with Crippen molar-refractivity contribution in [3.05, 3.63) is 60.0 Å². The maximum absolute atomic E-state index is 14.4. The fourth-order valence-corrected chi connectivity index (χ4v) is 3.43. The van der Waals surface area contributed by atoms with E-state index in [1.807, 2.05) is 32.0 Å². The molecular formula is C21H24FN5O3S. The van der Waals surface area contributed by atoms with Gasteiger partial charge in [0, 0.05) is 11.8 Å². The minimum Gasteiger partial charge on any atom is -0.491 e. The predicted octanol–water partition coefficient (Wildman–Crippen LogP) is 4.57. The molecule has 8 nitrogen and oxygen atoms in total. The fourth-order valence-electron chi connectivity index (χ4n) is 2.78. The summed E-state index contributed by atoms with van der Waals surface area (Å²) in [4.78, 5) is 8.17. The van der Waals surface area contributed by atoms with E-state index in [2.05, 4.69) is 25.3 Å². The summed E-state index contributed by atoms with van der Waals surface area (Å²) in [6, 6.07) is 12.3. The van der Waals surface area contributed by atoms with Gasteiger partial charge in [-0.05, 0) is 44.5 Å². The Balaban J connectivity index is 1.87. The first kappa shape index (κ1) is 22.3. The number of nitrogens with zero attached hydrogens (tertiary/aromatic N) is 2. The number of anilines is 5. The summed E-state index contributed by atoms with van der Waals surface area (Å²) in [5.74, 6) is 0.0519. The van der Waals surface area contributed by atoms with Crippen LogP contribution in [0.4, 0.5) is 33.2 Å². The molecule has 3 aromatic rings. The number of benzene rings is 2. The normalized spacial score (nSPS) is 11.3. The number of para-hydroxylation sites is 1. The van der Waals surface area contributed by atoms with Gasteiger partial charge in [-0.15, -0.1) is 0 Å². The van der Waals surface area contributed by atoms with Crippen molar-refractivity contribution in [2.24, 2.45) is 0 Å². The van der Waals surface area contributed by atoms with Crippen LogP contribution in [0, 0.1) is 12.7 Å². The molecule has 0 atom stereocenters. The van der Waals surface area contributed by atoms with Crippen LogP contribution in [0.2, 0.25) is 0 Å². The van der Waals surface area contributed by atoms with Crippen LogP contribution in [0.25, 0.3) is 0 Å². The van der Waals surface area contributed by atoms with Gasteiger partial charge in [0.2, 0.25) is 16.0 Å². The summed E-state index contributed by atoms with van der Waals surface area (Å²) < 4.78 is 45.9. The second-order valence-corrected chi connectivity index (χ2v) is 8.95. The lowest BCUT2D eigenvalue weighted by Gasteiger charge is -2.16. The zero-order valence-electron chi connectivity index (χ0n) is 17.6. The molecule has 0 aliphatic carbocycles. The predicted molar refractivity (Wildman–Crippen MR) is 120 cm³/mol. The number of sulfonamides is 1. The van der Waals surface area contributed by atoms with Gasteiger partial charge in [0.1, 0.15) is 5.75 Å². The Labute approximate surface area is 180 Å². The van der Waals surface area contributed by atoms with E-state index in [-0.39, 0.29) is 17.9 Å². The summed E-state index contributed by atoms with van der Waals surface area (Å²) >= 11 is 0. The highest BCUT2D eigenvalue weighted by Gasteiger charge is 2.14. The Bertz CT molecular complexity index is 1190.